The lowest BCUT2D eigenvalue weighted by molar-refractivity contribution is -0.384. The van der Waals surface area contributed by atoms with Crippen molar-refractivity contribution < 1.29 is 14.8 Å². The van der Waals surface area contributed by atoms with Crippen LogP contribution in [0.3, 0.4) is 0 Å². The van der Waals surface area contributed by atoms with Gasteiger partial charge in [-0.3, -0.25) is 15.2 Å². The molecule has 24 heavy (non-hydrogen) atoms. The van der Waals surface area contributed by atoms with Crippen LogP contribution in [-0.2, 0) is 0 Å². The molecule has 0 aliphatic rings. The second-order valence-electron chi connectivity index (χ2n) is 4.93. The Morgan fingerprint density at radius 2 is 1.92 bits per heavy atom. The van der Waals surface area contributed by atoms with Crippen LogP contribution in [0.2, 0.25) is 0 Å². The van der Waals surface area contributed by atoms with Crippen LogP contribution >= 0.6 is 0 Å². The maximum absolute atomic E-state index is 10.7. The van der Waals surface area contributed by atoms with Gasteiger partial charge in [0.1, 0.15) is 0 Å². The van der Waals surface area contributed by atoms with Gasteiger partial charge in [0.25, 0.3) is 5.69 Å². The summed E-state index contributed by atoms with van der Waals surface area (Å²) in [4.78, 5) is 14.6. The van der Waals surface area contributed by atoms with Crippen molar-refractivity contribution in [3.05, 3.63) is 52.6 Å². The maximum atomic E-state index is 10.7. The number of nitro benzene ring substituents is 1. The van der Waals surface area contributed by atoms with Crippen LogP contribution in [-0.4, -0.2) is 31.8 Å². The van der Waals surface area contributed by atoms with E-state index in [9.17, 15) is 15.2 Å². The van der Waals surface area contributed by atoms with E-state index < -0.39 is 4.92 Å². The van der Waals surface area contributed by atoms with Gasteiger partial charge in [-0.2, -0.15) is 5.10 Å². The average molecular weight is 326 g/mol. The first-order valence-electron chi connectivity index (χ1n) is 7.22. The van der Waals surface area contributed by atoms with Crippen LogP contribution in [0.25, 0.3) is 22.8 Å². The molecule has 1 aromatic heterocycles. The van der Waals surface area contributed by atoms with E-state index in [0.29, 0.717) is 35.1 Å². The van der Waals surface area contributed by atoms with Crippen molar-refractivity contribution in [3.8, 4) is 34.3 Å². The van der Waals surface area contributed by atoms with Crippen LogP contribution in [0.15, 0.2) is 42.5 Å². The fourth-order valence-electron chi connectivity index (χ4n) is 2.19. The number of H-pyrrole nitrogens is 1. The highest BCUT2D eigenvalue weighted by Gasteiger charge is 2.12. The quantitative estimate of drug-likeness (QED) is 0.550. The van der Waals surface area contributed by atoms with Gasteiger partial charge in [-0.25, -0.2) is 4.98 Å². The lowest BCUT2D eigenvalue weighted by atomic mass is 10.2. The Morgan fingerprint density at radius 1 is 1.21 bits per heavy atom. The Kier molecular flexibility index (Phi) is 4.11. The molecule has 0 aliphatic heterocycles. The molecule has 0 amide bonds. The SMILES string of the molecule is CCOc1cc(-c2n[nH]c(-c3ccc([N+](=O)[O-])cc3)n2)ccc1O. The van der Waals surface area contributed by atoms with E-state index >= 15 is 0 Å². The van der Waals surface area contributed by atoms with Crippen molar-refractivity contribution >= 4 is 5.69 Å². The number of phenolic OH excluding ortho intramolecular Hbond substituents is 1. The summed E-state index contributed by atoms with van der Waals surface area (Å²) in [6.45, 7) is 2.25. The Hall–Kier alpha value is -3.42. The zero-order chi connectivity index (χ0) is 17.1. The minimum absolute atomic E-state index is 0.0124. The van der Waals surface area contributed by atoms with E-state index in [1.165, 1.54) is 18.2 Å². The van der Waals surface area contributed by atoms with Crippen LogP contribution in [0.1, 0.15) is 6.92 Å². The van der Waals surface area contributed by atoms with Gasteiger partial charge in [0.2, 0.25) is 0 Å². The third-order valence-corrected chi connectivity index (χ3v) is 3.35. The predicted octanol–water partition coefficient (Wildman–Crippen LogP) is 3.15. The molecule has 0 saturated carbocycles. The van der Waals surface area contributed by atoms with E-state index in [-0.39, 0.29) is 11.4 Å². The topological polar surface area (TPSA) is 114 Å². The molecule has 0 fully saturated rings. The number of nitro groups is 1. The Bertz CT molecular complexity index is 874. The number of aromatic nitrogens is 3. The number of aromatic amines is 1. The molecule has 0 aliphatic carbocycles. The van der Waals surface area contributed by atoms with Crippen molar-refractivity contribution in [1.29, 1.82) is 0 Å². The molecular weight excluding hydrogens is 312 g/mol. The molecule has 2 aromatic carbocycles. The molecule has 0 spiro atoms. The Balaban J connectivity index is 1.90. The summed E-state index contributed by atoms with van der Waals surface area (Å²) in [5, 5.41) is 27.4. The molecule has 122 valence electrons. The molecule has 0 unspecified atom stereocenters. The molecule has 0 bridgehead atoms. The highest BCUT2D eigenvalue weighted by Crippen LogP contribution is 2.31. The zero-order valence-electron chi connectivity index (χ0n) is 12.8. The summed E-state index contributed by atoms with van der Waals surface area (Å²) in [5.41, 5.74) is 1.38. The van der Waals surface area contributed by atoms with Crippen molar-refractivity contribution in [2.24, 2.45) is 0 Å². The number of non-ortho nitro benzene ring substituents is 1. The molecule has 2 N–H and O–H groups in total. The highest BCUT2D eigenvalue weighted by atomic mass is 16.6. The van der Waals surface area contributed by atoms with Crippen LogP contribution < -0.4 is 4.74 Å². The molecule has 8 heteroatoms. The molecule has 0 saturated heterocycles. The van der Waals surface area contributed by atoms with Crippen molar-refractivity contribution in [3.63, 3.8) is 0 Å². The minimum atomic E-state index is -0.457. The minimum Gasteiger partial charge on any atom is -0.504 e. The van der Waals surface area contributed by atoms with Gasteiger partial charge in [0.05, 0.1) is 11.5 Å². The summed E-state index contributed by atoms with van der Waals surface area (Å²) in [6, 6.07) is 10.9. The van der Waals surface area contributed by atoms with Gasteiger partial charge in [0.15, 0.2) is 23.1 Å². The number of benzene rings is 2. The molecule has 0 atom stereocenters. The molecular formula is C16H14N4O4. The largest absolute Gasteiger partial charge is 0.504 e. The van der Waals surface area contributed by atoms with Crippen LogP contribution in [0, 0.1) is 10.1 Å². The maximum Gasteiger partial charge on any atom is 0.269 e. The molecule has 1 heterocycles. The van der Waals surface area contributed by atoms with E-state index in [0.717, 1.165) is 0 Å². The number of nitrogens with zero attached hydrogens (tertiary/aromatic N) is 3. The number of ether oxygens (including phenoxy) is 1. The Labute approximate surface area is 136 Å². The first kappa shape index (κ1) is 15.5. The van der Waals surface area contributed by atoms with Crippen molar-refractivity contribution in [1.82, 2.24) is 15.2 Å². The lowest BCUT2D eigenvalue weighted by Gasteiger charge is -2.06. The van der Waals surface area contributed by atoms with Gasteiger partial charge in [-0.05, 0) is 37.3 Å². The summed E-state index contributed by atoms with van der Waals surface area (Å²) < 4.78 is 5.35. The van der Waals surface area contributed by atoms with Gasteiger partial charge in [-0.1, -0.05) is 0 Å². The smallest absolute Gasteiger partial charge is 0.269 e. The summed E-state index contributed by atoms with van der Waals surface area (Å²) >= 11 is 0. The fourth-order valence-corrected chi connectivity index (χ4v) is 2.19. The number of rotatable bonds is 5. The number of aromatic hydroxyl groups is 1. The number of nitrogens with one attached hydrogen (secondary N) is 1. The molecule has 8 nitrogen and oxygen atoms in total. The summed E-state index contributed by atoms with van der Waals surface area (Å²) in [5.74, 6) is 1.33. The average Bonchev–Trinajstić information content (AvgIpc) is 3.07. The Morgan fingerprint density at radius 3 is 2.58 bits per heavy atom. The second kappa shape index (κ2) is 6.37. The first-order chi connectivity index (χ1) is 11.6. The van der Waals surface area contributed by atoms with E-state index in [4.69, 9.17) is 4.74 Å². The fraction of sp³-hybridized carbons (Fsp3) is 0.125. The zero-order valence-corrected chi connectivity index (χ0v) is 12.8. The molecule has 0 radical (unpaired) electrons. The summed E-state index contributed by atoms with van der Waals surface area (Å²) in [6.07, 6.45) is 0. The third-order valence-electron chi connectivity index (χ3n) is 3.35. The van der Waals surface area contributed by atoms with Gasteiger partial charge < -0.3 is 9.84 Å². The predicted molar refractivity (Wildman–Crippen MR) is 86.7 cm³/mol. The normalized spacial score (nSPS) is 10.5. The van der Waals surface area contributed by atoms with Gasteiger partial charge in [0, 0.05) is 23.3 Å². The number of hydrogen-bond donors (Lipinski definition) is 2. The molecule has 3 aromatic rings. The molecule has 3 rings (SSSR count). The van der Waals surface area contributed by atoms with Gasteiger partial charge in [-0.15, -0.1) is 0 Å². The third kappa shape index (κ3) is 3.02. The summed E-state index contributed by atoms with van der Waals surface area (Å²) in [7, 11) is 0. The first-order valence-corrected chi connectivity index (χ1v) is 7.22. The van der Waals surface area contributed by atoms with Gasteiger partial charge >= 0.3 is 0 Å². The monoisotopic (exact) mass is 326 g/mol. The van der Waals surface area contributed by atoms with Crippen LogP contribution in [0.4, 0.5) is 5.69 Å². The van der Waals surface area contributed by atoms with Crippen molar-refractivity contribution in [2.45, 2.75) is 6.92 Å². The van der Waals surface area contributed by atoms with Crippen molar-refractivity contribution in [2.75, 3.05) is 6.61 Å². The second-order valence-corrected chi connectivity index (χ2v) is 4.93. The lowest BCUT2D eigenvalue weighted by Crippen LogP contribution is -1.92. The highest BCUT2D eigenvalue weighted by molar-refractivity contribution is 5.64. The number of hydrogen-bond acceptors (Lipinski definition) is 6. The van der Waals surface area contributed by atoms with Crippen LogP contribution in [0.5, 0.6) is 11.5 Å². The van der Waals surface area contributed by atoms with E-state index in [1.807, 2.05) is 6.92 Å². The van der Waals surface area contributed by atoms with E-state index in [2.05, 4.69) is 15.2 Å². The standard InChI is InChI=1S/C16H14N4O4/c1-2-24-14-9-11(5-8-13(14)21)16-17-15(18-19-16)10-3-6-12(7-4-10)20(22)23/h3-9,21H,2H2,1H3,(H,17,18,19). The number of phenols is 1. The van der Waals surface area contributed by atoms with E-state index in [1.54, 1.807) is 24.3 Å².